The van der Waals surface area contributed by atoms with Gasteiger partial charge in [-0.25, -0.2) is 0 Å². The first-order valence-electron chi connectivity index (χ1n) is 5.15. The maximum absolute atomic E-state index is 8.49. The standard InChI is InChI=1S/C11H18O3/c1-10(5-4-7-12)9-14-11-6-2-3-8-13-11/h10-12H,2-3,6-9H2,1H3/t10-,11?/m1/s1. The summed E-state index contributed by atoms with van der Waals surface area (Å²) in [6, 6.07) is 0. The van der Waals surface area contributed by atoms with Gasteiger partial charge in [-0.3, -0.25) is 0 Å². The summed E-state index contributed by atoms with van der Waals surface area (Å²) in [5.41, 5.74) is 0. The van der Waals surface area contributed by atoms with E-state index in [9.17, 15) is 0 Å². The van der Waals surface area contributed by atoms with E-state index in [0.717, 1.165) is 19.4 Å². The molecule has 1 aliphatic rings. The van der Waals surface area contributed by atoms with Crippen LogP contribution in [0.4, 0.5) is 0 Å². The van der Waals surface area contributed by atoms with Crippen molar-refractivity contribution in [1.29, 1.82) is 0 Å². The number of hydrogen-bond acceptors (Lipinski definition) is 3. The Morgan fingerprint density at radius 2 is 2.43 bits per heavy atom. The SMILES string of the molecule is C[C@H](C#CCO)COC1CCCCO1. The Hall–Kier alpha value is -0.560. The molecular weight excluding hydrogens is 180 g/mol. The van der Waals surface area contributed by atoms with Crippen LogP contribution in [0.25, 0.3) is 0 Å². The average Bonchev–Trinajstić information content (AvgIpc) is 2.25. The quantitative estimate of drug-likeness (QED) is 0.692. The number of hydrogen-bond donors (Lipinski definition) is 1. The number of aliphatic hydroxyl groups excluding tert-OH is 1. The van der Waals surface area contributed by atoms with Crippen LogP contribution in [-0.4, -0.2) is 31.2 Å². The maximum atomic E-state index is 8.49. The Balaban J connectivity index is 2.12. The summed E-state index contributed by atoms with van der Waals surface area (Å²) in [4.78, 5) is 0. The minimum atomic E-state index is -0.0791. The normalized spacial score (nSPS) is 23.7. The average molecular weight is 198 g/mol. The Morgan fingerprint density at radius 3 is 3.07 bits per heavy atom. The van der Waals surface area contributed by atoms with E-state index >= 15 is 0 Å². The second-order valence-corrected chi connectivity index (χ2v) is 3.51. The molecule has 1 unspecified atom stereocenters. The number of rotatable bonds is 3. The predicted octanol–water partition coefficient (Wildman–Crippen LogP) is 1.16. The third-order valence-corrected chi connectivity index (χ3v) is 2.10. The second-order valence-electron chi connectivity index (χ2n) is 3.51. The van der Waals surface area contributed by atoms with Gasteiger partial charge in [-0.1, -0.05) is 11.8 Å². The van der Waals surface area contributed by atoms with Gasteiger partial charge >= 0.3 is 0 Å². The summed E-state index contributed by atoms with van der Waals surface area (Å²) < 4.78 is 10.9. The van der Waals surface area contributed by atoms with Crippen LogP contribution in [0.5, 0.6) is 0 Å². The summed E-state index contributed by atoms with van der Waals surface area (Å²) in [5.74, 6) is 5.67. The van der Waals surface area contributed by atoms with Gasteiger partial charge in [0.15, 0.2) is 6.29 Å². The summed E-state index contributed by atoms with van der Waals surface area (Å²) in [6.07, 6.45) is 3.27. The molecule has 14 heavy (non-hydrogen) atoms. The van der Waals surface area contributed by atoms with Gasteiger partial charge in [0.2, 0.25) is 0 Å². The maximum Gasteiger partial charge on any atom is 0.157 e. The van der Waals surface area contributed by atoms with Crippen LogP contribution in [0.15, 0.2) is 0 Å². The Bertz CT molecular complexity index is 198. The van der Waals surface area contributed by atoms with Crippen LogP contribution in [0, 0.1) is 17.8 Å². The van der Waals surface area contributed by atoms with Gasteiger partial charge in [-0.2, -0.15) is 0 Å². The first-order valence-corrected chi connectivity index (χ1v) is 5.15. The highest BCUT2D eigenvalue weighted by Crippen LogP contribution is 2.14. The van der Waals surface area contributed by atoms with E-state index in [-0.39, 0.29) is 18.8 Å². The lowest BCUT2D eigenvalue weighted by Gasteiger charge is -2.23. The van der Waals surface area contributed by atoms with Crippen LogP contribution in [-0.2, 0) is 9.47 Å². The highest BCUT2D eigenvalue weighted by molar-refractivity contribution is 5.02. The van der Waals surface area contributed by atoms with Crippen LogP contribution < -0.4 is 0 Å². The summed E-state index contributed by atoms with van der Waals surface area (Å²) in [5, 5.41) is 8.49. The fourth-order valence-corrected chi connectivity index (χ4v) is 1.36. The highest BCUT2D eigenvalue weighted by atomic mass is 16.7. The third-order valence-electron chi connectivity index (χ3n) is 2.10. The molecule has 0 saturated carbocycles. The molecular formula is C11H18O3. The van der Waals surface area contributed by atoms with E-state index in [1.54, 1.807) is 0 Å². The zero-order valence-electron chi connectivity index (χ0n) is 8.66. The summed E-state index contributed by atoms with van der Waals surface area (Å²) in [6.45, 7) is 3.29. The highest BCUT2D eigenvalue weighted by Gasteiger charge is 2.14. The van der Waals surface area contributed by atoms with Gasteiger partial charge in [0.05, 0.1) is 6.61 Å². The van der Waals surface area contributed by atoms with Crippen molar-refractivity contribution in [3.05, 3.63) is 0 Å². The molecule has 0 aromatic rings. The van der Waals surface area contributed by atoms with E-state index in [1.807, 2.05) is 6.92 Å². The molecule has 1 N–H and O–H groups in total. The molecule has 0 aliphatic carbocycles. The van der Waals surface area contributed by atoms with Crippen molar-refractivity contribution in [1.82, 2.24) is 0 Å². The van der Waals surface area contributed by atoms with E-state index in [1.165, 1.54) is 6.42 Å². The van der Waals surface area contributed by atoms with Gasteiger partial charge in [0.25, 0.3) is 0 Å². The fourth-order valence-electron chi connectivity index (χ4n) is 1.36. The van der Waals surface area contributed by atoms with E-state index in [2.05, 4.69) is 11.8 Å². The largest absolute Gasteiger partial charge is 0.384 e. The molecule has 1 rings (SSSR count). The zero-order valence-corrected chi connectivity index (χ0v) is 8.66. The van der Waals surface area contributed by atoms with Crippen LogP contribution in [0.1, 0.15) is 26.2 Å². The van der Waals surface area contributed by atoms with Gasteiger partial charge < -0.3 is 14.6 Å². The number of ether oxygens (including phenoxy) is 2. The van der Waals surface area contributed by atoms with Crippen molar-refractivity contribution >= 4 is 0 Å². The van der Waals surface area contributed by atoms with Crippen molar-refractivity contribution in [3.8, 4) is 11.8 Å². The molecule has 2 atom stereocenters. The minimum Gasteiger partial charge on any atom is -0.384 e. The van der Waals surface area contributed by atoms with E-state index < -0.39 is 0 Å². The fraction of sp³-hybridized carbons (Fsp3) is 0.818. The van der Waals surface area contributed by atoms with Gasteiger partial charge in [-0.05, 0) is 26.2 Å². The third kappa shape index (κ3) is 4.61. The van der Waals surface area contributed by atoms with Crippen LogP contribution in [0.2, 0.25) is 0 Å². The number of aliphatic hydroxyl groups is 1. The molecule has 0 aromatic carbocycles. The lowest BCUT2D eigenvalue weighted by molar-refractivity contribution is -0.165. The molecule has 3 heteroatoms. The molecule has 0 amide bonds. The monoisotopic (exact) mass is 198 g/mol. The van der Waals surface area contributed by atoms with Crippen molar-refractivity contribution < 1.29 is 14.6 Å². The lowest BCUT2D eigenvalue weighted by atomic mass is 10.2. The zero-order chi connectivity index (χ0) is 10.2. The van der Waals surface area contributed by atoms with E-state index in [4.69, 9.17) is 14.6 Å². The van der Waals surface area contributed by atoms with E-state index in [0.29, 0.717) is 6.61 Å². The molecule has 0 bridgehead atoms. The molecule has 1 heterocycles. The molecule has 1 saturated heterocycles. The van der Waals surface area contributed by atoms with Crippen molar-refractivity contribution in [2.45, 2.75) is 32.5 Å². The summed E-state index contributed by atoms with van der Waals surface area (Å²) in [7, 11) is 0. The molecule has 3 nitrogen and oxygen atoms in total. The van der Waals surface area contributed by atoms with Crippen molar-refractivity contribution in [3.63, 3.8) is 0 Å². The van der Waals surface area contributed by atoms with Gasteiger partial charge in [-0.15, -0.1) is 0 Å². The molecule has 1 aliphatic heterocycles. The van der Waals surface area contributed by atoms with Gasteiger partial charge in [0, 0.05) is 12.5 Å². The Labute approximate surface area is 85.4 Å². The molecule has 0 aromatic heterocycles. The predicted molar refractivity (Wildman–Crippen MR) is 53.6 cm³/mol. The molecule has 80 valence electrons. The topological polar surface area (TPSA) is 38.7 Å². The molecule has 1 fully saturated rings. The Kier molecular flexibility index (Phi) is 5.62. The molecule has 0 radical (unpaired) electrons. The lowest BCUT2D eigenvalue weighted by Crippen LogP contribution is -2.24. The van der Waals surface area contributed by atoms with Crippen LogP contribution >= 0.6 is 0 Å². The van der Waals surface area contributed by atoms with Gasteiger partial charge in [0.1, 0.15) is 6.61 Å². The first kappa shape index (κ1) is 11.5. The second kappa shape index (κ2) is 6.83. The Morgan fingerprint density at radius 1 is 1.57 bits per heavy atom. The minimum absolute atomic E-state index is 0.0397. The van der Waals surface area contributed by atoms with Crippen LogP contribution in [0.3, 0.4) is 0 Å². The summed E-state index contributed by atoms with van der Waals surface area (Å²) >= 11 is 0. The van der Waals surface area contributed by atoms with Crippen molar-refractivity contribution in [2.75, 3.05) is 19.8 Å². The van der Waals surface area contributed by atoms with Crippen molar-refractivity contribution in [2.24, 2.45) is 5.92 Å². The molecule has 0 spiro atoms. The first-order chi connectivity index (χ1) is 6.83. The smallest absolute Gasteiger partial charge is 0.157 e.